The van der Waals surface area contributed by atoms with Crippen LogP contribution in [0.1, 0.15) is 64.2 Å². The van der Waals surface area contributed by atoms with E-state index in [2.05, 4.69) is 30.3 Å². The summed E-state index contributed by atoms with van der Waals surface area (Å²) in [5.41, 5.74) is 0. The Hall–Kier alpha value is 0.169. The van der Waals surface area contributed by atoms with Crippen molar-refractivity contribution >= 4 is 13.9 Å². The minimum atomic E-state index is -3.48. The van der Waals surface area contributed by atoms with E-state index in [1.807, 2.05) is 0 Å². The summed E-state index contributed by atoms with van der Waals surface area (Å²) in [6, 6.07) is 12.1. The van der Waals surface area contributed by atoms with Gasteiger partial charge in [-0.15, -0.1) is 0 Å². The molecule has 13 rings (SSSR count). The molecule has 30 heavy (non-hydrogen) atoms. The molecule has 12 aliphatic rings. The zero-order chi connectivity index (χ0) is 18.9. The first-order valence-electron chi connectivity index (χ1n) is 13.7. The Morgan fingerprint density at radius 1 is 0.667 bits per heavy atom. The van der Waals surface area contributed by atoms with Gasteiger partial charge in [-0.3, -0.25) is 0 Å². The van der Waals surface area contributed by atoms with Gasteiger partial charge in [0.2, 0.25) is 0 Å². The fourth-order valence-corrected chi connectivity index (χ4v) is 116. The van der Waals surface area contributed by atoms with Crippen molar-refractivity contribution in [3.63, 3.8) is 0 Å². The van der Waals surface area contributed by atoms with Crippen molar-refractivity contribution in [2.24, 2.45) is 11.8 Å². The van der Waals surface area contributed by atoms with E-state index in [0.29, 0.717) is 0 Å². The summed E-state index contributed by atoms with van der Waals surface area (Å²) in [5.74, 6) is 2.50. The molecule has 0 bridgehead atoms. The molecular weight excluding hydrogens is 423 g/mol. The summed E-state index contributed by atoms with van der Waals surface area (Å²) in [7, 11) is 1.27. The molecule has 1 aromatic rings. The molecule has 0 nitrogen and oxygen atoms in total. The maximum atomic E-state index is 2.56. The van der Waals surface area contributed by atoms with Crippen LogP contribution >= 0.6 is 8.58 Å². The third-order valence-corrected chi connectivity index (χ3v) is 70.8. The van der Waals surface area contributed by atoms with Crippen molar-refractivity contribution in [3.05, 3.63) is 30.3 Å². The van der Waals surface area contributed by atoms with Crippen LogP contribution in [0.15, 0.2) is 30.3 Å². The molecule has 10 heterocycles. The average Bonchev–Trinajstić information content (AvgIpc) is 3.76. The molecule has 2 saturated carbocycles. The zero-order valence-corrected chi connectivity index (χ0v) is 20.1. The average molecular weight is 458 g/mol. The van der Waals surface area contributed by atoms with Crippen molar-refractivity contribution in [1.29, 1.82) is 0 Å². The summed E-state index contributed by atoms with van der Waals surface area (Å²) in [6.07, 6.45) is 16.3. The molecular formula is C28H35FeP. The molecule has 160 valence electrons. The number of rotatable bonds is 4. The second-order valence-electron chi connectivity index (χ2n) is 16.1. The number of hydrogen-bond acceptors (Lipinski definition) is 0. The number of benzene rings is 1. The molecule has 0 N–H and O–H groups in total. The molecule has 0 radical (unpaired) electrons. The van der Waals surface area contributed by atoms with E-state index in [0.717, 1.165) is 12.7 Å². The molecule has 10 aliphatic heterocycles. The van der Waals surface area contributed by atoms with E-state index >= 15 is 0 Å². The Morgan fingerprint density at radius 2 is 1.23 bits per heavy atom. The van der Waals surface area contributed by atoms with Crippen LogP contribution in [0.5, 0.6) is 0 Å². The minimum absolute atomic E-state index is 1.04. The molecule has 1 aromatic carbocycles. The zero-order valence-electron chi connectivity index (χ0n) is 18.0. The van der Waals surface area contributed by atoms with E-state index in [1.54, 1.807) is 69.5 Å². The van der Waals surface area contributed by atoms with Gasteiger partial charge in [0.15, 0.2) is 0 Å². The van der Waals surface area contributed by atoms with Crippen molar-refractivity contribution in [3.8, 4) is 0 Å². The van der Waals surface area contributed by atoms with Crippen LogP contribution in [0.3, 0.4) is 0 Å². The van der Waals surface area contributed by atoms with Gasteiger partial charge in [0.05, 0.1) is 0 Å². The fourth-order valence-electron chi connectivity index (χ4n) is 23.8. The Balaban J connectivity index is 1.19. The Labute approximate surface area is 172 Å². The second kappa shape index (κ2) is 1.94. The van der Waals surface area contributed by atoms with Gasteiger partial charge in [-0.2, -0.15) is 0 Å². The monoisotopic (exact) mass is 458 g/mol. The topological polar surface area (TPSA) is 0 Å². The third-order valence-electron chi connectivity index (χ3n) is 20.7. The van der Waals surface area contributed by atoms with Crippen molar-refractivity contribution in [1.82, 2.24) is 0 Å². The predicted molar refractivity (Wildman–Crippen MR) is 122 cm³/mol. The molecule has 0 aromatic heterocycles. The number of hydrogen-bond donors (Lipinski definition) is 0. The summed E-state index contributed by atoms with van der Waals surface area (Å²) in [4.78, 5) is 10.3. The van der Waals surface area contributed by atoms with Gasteiger partial charge in [-0.05, 0) is 0 Å². The summed E-state index contributed by atoms with van der Waals surface area (Å²) in [6.45, 7) is -3.48. The third kappa shape index (κ3) is 0.261. The van der Waals surface area contributed by atoms with E-state index in [4.69, 9.17) is 0 Å². The standard InChI is InChI=1S/C23H30P.C5H5.Fe/c1-4-10-18(11-5-1)21-16-17-22(24-20-14-8-3-9-15-20)23(21)19-12-6-2-7-13-19;1-2-4-5-3-1;/h3,8-9,14-19,24H,1-2,4-7,10-13H2;1-5H;. The normalized spacial score (nSPS) is 85.4. The number of fused-ring (bicyclic) bond motifs is 10. The molecule has 0 amide bonds. The van der Waals surface area contributed by atoms with Crippen LogP contribution < -0.4 is 5.30 Å². The summed E-state index contributed by atoms with van der Waals surface area (Å²) in [5, 5.41) is 1.81. The van der Waals surface area contributed by atoms with Gasteiger partial charge in [0.25, 0.3) is 0 Å². The molecule has 6 unspecified atom stereocenters. The van der Waals surface area contributed by atoms with Gasteiger partial charge >= 0.3 is 173 Å². The Bertz CT molecular complexity index is 1490. The predicted octanol–water partition coefficient (Wildman–Crippen LogP) is 8.19. The van der Waals surface area contributed by atoms with Gasteiger partial charge in [-0.25, -0.2) is 0 Å². The van der Waals surface area contributed by atoms with Gasteiger partial charge in [-0.1, -0.05) is 0 Å². The van der Waals surface area contributed by atoms with Crippen molar-refractivity contribution < 1.29 is 6.51 Å². The molecule has 2 heteroatoms. The van der Waals surface area contributed by atoms with E-state index in [1.165, 1.54) is 54.1 Å². The quantitative estimate of drug-likeness (QED) is 0.315. The first-order chi connectivity index (χ1) is 14.6. The fraction of sp³-hybridized carbons (Fsp3) is 0.786. The molecule has 12 fully saturated rings. The van der Waals surface area contributed by atoms with E-state index in [-0.39, 0.29) is 0 Å². The molecule has 2 aliphatic carbocycles. The Kier molecular flexibility index (Phi) is 0.935. The van der Waals surface area contributed by atoms with Crippen LogP contribution in [0, 0.1) is 11.8 Å². The molecule has 10 saturated heterocycles. The van der Waals surface area contributed by atoms with Gasteiger partial charge < -0.3 is 0 Å². The maximum absolute atomic E-state index is 3.48. The second-order valence-corrected chi connectivity index (χ2v) is 41.1. The van der Waals surface area contributed by atoms with Crippen molar-refractivity contribution in [2.45, 2.75) is 111 Å². The van der Waals surface area contributed by atoms with Crippen LogP contribution in [0.4, 0.5) is 0 Å². The summed E-state index contributed by atoms with van der Waals surface area (Å²) < 4.78 is 3.24. The SMILES string of the molecule is c1ccc(P[C]23[CH]4[CH]5[C]6(C7CCCCC7)[C]2(C2CCCCC2)[Fe]45362789[CH]3[CH]2[CH]7[CH]8[CH]39)cc1. The van der Waals surface area contributed by atoms with Crippen molar-refractivity contribution in [2.75, 3.05) is 0 Å². The molecule has 1 spiro atoms. The van der Waals surface area contributed by atoms with Crippen LogP contribution in [-0.4, -0.2) is 4.05 Å². The Morgan fingerprint density at radius 3 is 1.80 bits per heavy atom. The first kappa shape index (κ1) is 14.4. The van der Waals surface area contributed by atoms with Crippen LogP contribution in [-0.2, 0) is 6.51 Å². The van der Waals surface area contributed by atoms with E-state index in [9.17, 15) is 0 Å². The first-order valence-corrected chi connectivity index (χ1v) is 20.8. The summed E-state index contributed by atoms with van der Waals surface area (Å²) >= 11 is 0. The molecule has 6 atom stereocenters. The van der Waals surface area contributed by atoms with E-state index < -0.39 is 6.51 Å². The van der Waals surface area contributed by atoms with Gasteiger partial charge in [0.1, 0.15) is 0 Å². The van der Waals surface area contributed by atoms with Gasteiger partial charge in [0, 0.05) is 0 Å². The van der Waals surface area contributed by atoms with Crippen LogP contribution in [0.25, 0.3) is 0 Å². The van der Waals surface area contributed by atoms with Crippen LogP contribution in [0.2, 0.25) is 42.3 Å².